The quantitative estimate of drug-likeness (QED) is 0.653. The summed E-state index contributed by atoms with van der Waals surface area (Å²) in [6.07, 6.45) is 4.95. The minimum atomic E-state index is -3.85. The number of nitrogens with two attached hydrogens (primary N) is 1. The molecule has 1 aromatic carbocycles. The maximum atomic E-state index is 13.3. The first kappa shape index (κ1) is 22.9. The number of hydrogen-bond donors (Lipinski definition) is 2. The normalized spacial score (nSPS) is 34.9. The van der Waals surface area contributed by atoms with Gasteiger partial charge in [0, 0.05) is 29.6 Å². The molecule has 6 rings (SSSR count). The van der Waals surface area contributed by atoms with Crippen LogP contribution < -0.4 is 15.4 Å². The van der Waals surface area contributed by atoms with E-state index in [4.69, 9.17) is 17.3 Å². The molecule has 4 aliphatic carbocycles. The number of nitrogens with one attached hydrogen (secondary N) is 1. The number of benzene rings is 1. The zero-order valence-corrected chi connectivity index (χ0v) is 20.4. The van der Waals surface area contributed by atoms with Crippen LogP contribution in [0.15, 0.2) is 18.2 Å². The molecule has 1 saturated heterocycles. The predicted octanol–water partition coefficient (Wildman–Crippen LogP) is 2.20. The maximum absolute atomic E-state index is 13.3. The number of nitrogens with zero attached hydrogens (tertiary/aromatic N) is 2. The van der Waals surface area contributed by atoms with E-state index in [-0.39, 0.29) is 36.2 Å². The van der Waals surface area contributed by atoms with E-state index in [1.165, 1.54) is 8.61 Å². The third-order valence-corrected chi connectivity index (χ3v) is 10.6. The second-order valence-electron chi connectivity index (χ2n) is 10.4. The van der Waals surface area contributed by atoms with Crippen molar-refractivity contribution in [1.82, 2.24) is 9.62 Å². The first-order chi connectivity index (χ1) is 15.6. The van der Waals surface area contributed by atoms with Gasteiger partial charge < -0.3 is 11.1 Å². The van der Waals surface area contributed by atoms with E-state index in [9.17, 15) is 18.0 Å². The van der Waals surface area contributed by atoms with Crippen molar-refractivity contribution in [3.05, 3.63) is 28.8 Å². The number of halogens is 1. The summed E-state index contributed by atoms with van der Waals surface area (Å²) >= 11 is 6.22. The largest absolute Gasteiger partial charge is 0.369 e. The second kappa shape index (κ2) is 8.13. The van der Waals surface area contributed by atoms with Gasteiger partial charge in [0.25, 0.3) is 0 Å². The van der Waals surface area contributed by atoms with Crippen molar-refractivity contribution >= 4 is 39.3 Å². The Morgan fingerprint density at radius 3 is 2.55 bits per heavy atom. The molecule has 1 aromatic rings. The first-order valence-corrected chi connectivity index (χ1v) is 13.5. The molecule has 0 spiro atoms. The zero-order valence-electron chi connectivity index (χ0n) is 18.8. The molecule has 180 valence electrons. The lowest BCUT2D eigenvalue weighted by atomic mass is 9.47. The van der Waals surface area contributed by atoms with E-state index in [1.807, 2.05) is 0 Å². The van der Waals surface area contributed by atoms with Crippen molar-refractivity contribution in [2.24, 2.45) is 28.9 Å². The lowest BCUT2D eigenvalue weighted by Gasteiger charge is -2.58. The van der Waals surface area contributed by atoms with Gasteiger partial charge in [0.1, 0.15) is 0 Å². The molecule has 4 bridgehead atoms. The summed E-state index contributed by atoms with van der Waals surface area (Å²) in [6, 6.07) is 5.19. The van der Waals surface area contributed by atoms with Crippen molar-refractivity contribution < 1.29 is 18.0 Å². The van der Waals surface area contributed by atoms with Gasteiger partial charge in [-0.05, 0) is 80.9 Å². The molecule has 1 aliphatic heterocycles. The summed E-state index contributed by atoms with van der Waals surface area (Å²) < 4.78 is 29.3. The fourth-order valence-corrected chi connectivity index (χ4v) is 8.88. The highest BCUT2D eigenvalue weighted by Crippen LogP contribution is 2.59. The van der Waals surface area contributed by atoms with Gasteiger partial charge in [0.15, 0.2) is 0 Å². The smallest absolute Gasteiger partial charge is 0.304 e. The zero-order chi connectivity index (χ0) is 23.5. The third-order valence-electron chi connectivity index (χ3n) is 8.32. The van der Waals surface area contributed by atoms with E-state index in [0.717, 1.165) is 32.1 Å². The molecular weight excluding hydrogens is 464 g/mol. The number of amides is 2. The van der Waals surface area contributed by atoms with Crippen molar-refractivity contribution in [3.8, 4) is 0 Å². The molecule has 4 saturated carbocycles. The molecule has 33 heavy (non-hydrogen) atoms. The van der Waals surface area contributed by atoms with Gasteiger partial charge in [-0.25, -0.2) is 0 Å². The molecule has 1 heterocycles. The van der Waals surface area contributed by atoms with E-state index in [2.05, 4.69) is 5.32 Å². The van der Waals surface area contributed by atoms with Crippen LogP contribution in [-0.4, -0.2) is 50.2 Å². The van der Waals surface area contributed by atoms with Crippen LogP contribution in [0.5, 0.6) is 0 Å². The van der Waals surface area contributed by atoms with Gasteiger partial charge in [0.05, 0.1) is 12.2 Å². The summed E-state index contributed by atoms with van der Waals surface area (Å²) in [5, 5.41) is 3.65. The standard InChI is InChI=1S/C23H31ClN4O4S/c1-14-18(24)4-2-5-19(14)28-7-3-6-27(33(28,31)32)13-20(29)26-21-16-8-15-9-17(21)12-23(10-15,11-16)22(25)30/h2,4-5,15-17,21H,3,6-13H2,1H3,(H2,25,30)(H,26,29). The highest BCUT2D eigenvalue weighted by Gasteiger charge is 2.58. The molecule has 0 aromatic heterocycles. The second-order valence-corrected chi connectivity index (χ2v) is 12.6. The Morgan fingerprint density at radius 1 is 1.18 bits per heavy atom. The molecule has 5 aliphatic rings. The average molecular weight is 495 g/mol. The van der Waals surface area contributed by atoms with Crippen molar-refractivity contribution in [3.63, 3.8) is 0 Å². The Bertz CT molecular complexity index is 1080. The number of primary amides is 1. The van der Waals surface area contributed by atoms with Crippen LogP contribution in [0.3, 0.4) is 0 Å². The van der Waals surface area contributed by atoms with E-state index >= 15 is 0 Å². The minimum Gasteiger partial charge on any atom is -0.369 e. The SMILES string of the molecule is Cc1c(Cl)cccc1N1CCCN(CC(=O)NC2C3CC4CC2CC(C(N)=O)(C4)C3)S1(=O)=O. The highest BCUT2D eigenvalue weighted by molar-refractivity contribution is 7.90. The predicted molar refractivity (Wildman–Crippen MR) is 126 cm³/mol. The topological polar surface area (TPSA) is 113 Å². The lowest BCUT2D eigenvalue weighted by molar-refractivity contribution is -0.147. The van der Waals surface area contributed by atoms with Crippen LogP contribution in [0.25, 0.3) is 0 Å². The van der Waals surface area contributed by atoms with Gasteiger partial charge >= 0.3 is 10.2 Å². The molecule has 2 unspecified atom stereocenters. The Kier molecular flexibility index (Phi) is 5.65. The van der Waals surface area contributed by atoms with Gasteiger partial charge in [-0.2, -0.15) is 12.7 Å². The fraction of sp³-hybridized carbons (Fsp3) is 0.652. The van der Waals surface area contributed by atoms with E-state index < -0.39 is 15.6 Å². The van der Waals surface area contributed by atoms with Crippen LogP contribution in [0.2, 0.25) is 5.02 Å². The van der Waals surface area contributed by atoms with Crippen LogP contribution in [0.1, 0.15) is 44.1 Å². The molecule has 8 nitrogen and oxygen atoms in total. The van der Waals surface area contributed by atoms with Gasteiger partial charge in [-0.15, -0.1) is 0 Å². The molecule has 10 heteroatoms. The summed E-state index contributed by atoms with van der Waals surface area (Å²) in [6.45, 7) is 2.24. The van der Waals surface area contributed by atoms with Crippen LogP contribution in [0, 0.1) is 30.1 Å². The summed E-state index contributed by atoms with van der Waals surface area (Å²) in [4.78, 5) is 25.2. The number of anilines is 1. The first-order valence-electron chi connectivity index (χ1n) is 11.7. The van der Waals surface area contributed by atoms with Crippen LogP contribution in [0.4, 0.5) is 5.69 Å². The number of carbonyl (C=O) groups excluding carboxylic acids is 2. The summed E-state index contributed by atoms with van der Waals surface area (Å²) in [7, 11) is -3.85. The van der Waals surface area contributed by atoms with E-state index in [1.54, 1.807) is 25.1 Å². The summed E-state index contributed by atoms with van der Waals surface area (Å²) in [5.41, 5.74) is 6.59. The summed E-state index contributed by atoms with van der Waals surface area (Å²) in [5.74, 6) is 0.476. The third kappa shape index (κ3) is 3.82. The highest BCUT2D eigenvalue weighted by atomic mass is 35.5. The molecule has 2 amide bonds. The van der Waals surface area contributed by atoms with Crippen LogP contribution >= 0.6 is 11.6 Å². The molecule has 2 atom stereocenters. The Labute approximate surface area is 200 Å². The van der Waals surface area contributed by atoms with Crippen LogP contribution in [-0.2, 0) is 19.8 Å². The number of hydrogen-bond acceptors (Lipinski definition) is 4. The van der Waals surface area contributed by atoms with Crippen molar-refractivity contribution in [2.75, 3.05) is 23.9 Å². The fourth-order valence-electron chi connectivity index (χ4n) is 6.99. The monoisotopic (exact) mass is 494 g/mol. The minimum absolute atomic E-state index is 0.0136. The maximum Gasteiger partial charge on any atom is 0.304 e. The molecule has 5 fully saturated rings. The number of rotatable bonds is 5. The average Bonchev–Trinajstić information content (AvgIpc) is 2.74. The van der Waals surface area contributed by atoms with Gasteiger partial charge in [-0.3, -0.25) is 13.9 Å². The Hall–Kier alpha value is -1.84. The number of carbonyl (C=O) groups is 2. The van der Waals surface area contributed by atoms with Gasteiger partial charge in [0.2, 0.25) is 11.8 Å². The Balaban J connectivity index is 1.29. The lowest BCUT2D eigenvalue weighted by Crippen LogP contribution is -2.63. The van der Waals surface area contributed by atoms with Crippen molar-refractivity contribution in [2.45, 2.75) is 51.5 Å². The Morgan fingerprint density at radius 2 is 1.88 bits per heavy atom. The molecule has 3 N–H and O–H groups in total. The van der Waals surface area contributed by atoms with Gasteiger partial charge in [-0.1, -0.05) is 17.7 Å². The van der Waals surface area contributed by atoms with E-state index in [0.29, 0.717) is 41.7 Å². The molecule has 0 radical (unpaired) electrons. The van der Waals surface area contributed by atoms with Crippen molar-refractivity contribution in [1.29, 1.82) is 0 Å². The molecular formula is C23H31ClN4O4S.